The largest absolute Gasteiger partial charge is 0.378 e. The predicted octanol–water partition coefficient (Wildman–Crippen LogP) is -0.322. The third-order valence-corrected chi connectivity index (χ3v) is 8.40. The van der Waals surface area contributed by atoms with E-state index in [1.807, 2.05) is 6.92 Å². The first-order valence-electron chi connectivity index (χ1n) is 11.3. The lowest BCUT2D eigenvalue weighted by atomic mass is 10.2. The SMILES string of the molecule is Cc1ccc(S(=O)(=O)N2CCC[C@H]2C(=O)N2CCN(C(=O)C(=O)N3CCOCC3)CC2)cc1. The maximum Gasteiger partial charge on any atom is 0.312 e. The molecule has 3 aliphatic heterocycles. The standard InChI is InChI=1S/C22H30N4O6S/c1-17-4-6-18(7-5-17)33(30,31)26-8-2-3-19(26)20(27)23-9-11-24(12-10-23)21(28)22(29)25-13-15-32-16-14-25/h4-7,19H,2-3,8-16H2,1H3/t19-/m0/s1. The summed E-state index contributed by atoms with van der Waals surface area (Å²) in [5.41, 5.74) is 0.961. The highest BCUT2D eigenvalue weighted by Crippen LogP contribution is 2.28. The zero-order chi connectivity index (χ0) is 23.6. The van der Waals surface area contributed by atoms with Crippen LogP contribution in [0.2, 0.25) is 0 Å². The minimum atomic E-state index is -3.78. The molecule has 4 rings (SSSR count). The van der Waals surface area contributed by atoms with Crippen molar-refractivity contribution in [2.75, 3.05) is 59.0 Å². The fraction of sp³-hybridized carbons (Fsp3) is 0.591. The summed E-state index contributed by atoms with van der Waals surface area (Å²) in [6.45, 7) is 4.87. The number of carbonyl (C=O) groups is 3. The van der Waals surface area contributed by atoms with Crippen molar-refractivity contribution in [1.82, 2.24) is 19.0 Å². The molecule has 0 spiro atoms. The van der Waals surface area contributed by atoms with Gasteiger partial charge in [0.25, 0.3) is 0 Å². The number of benzene rings is 1. The van der Waals surface area contributed by atoms with Crippen LogP contribution in [0.15, 0.2) is 29.2 Å². The third-order valence-electron chi connectivity index (χ3n) is 6.48. The highest BCUT2D eigenvalue weighted by Gasteiger charge is 2.42. The van der Waals surface area contributed by atoms with Crippen molar-refractivity contribution in [3.63, 3.8) is 0 Å². The number of morpholine rings is 1. The van der Waals surface area contributed by atoms with Crippen molar-refractivity contribution in [2.24, 2.45) is 0 Å². The Morgan fingerprint density at radius 3 is 1.97 bits per heavy atom. The summed E-state index contributed by atoms with van der Waals surface area (Å²) in [6, 6.07) is 5.89. The van der Waals surface area contributed by atoms with E-state index in [2.05, 4.69) is 0 Å². The van der Waals surface area contributed by atoms with Gasteiger partial charge in [-0.15, -0.1) is 0 Å². The molecule has 0 radical (unpaired) electrons. The molecule has 0 aromatic heterocycles. The van der Waals surface area contributed by atoms with Gasteiger partial charge in [0, 0.05) is 45.8 Å². The van der Waals surface area contributed by atoms with Crippen LogP contribution in [0.25, 0.3) is 0 Å². The second-order valence-electron chi connectivity index (χ2n) is 8.61. The predicted molar refractivity (Wildman–Crippen MR) is 119 cm³/mol. The number of amides is 3. The average Bonchev–Trinajstić information content (AvgIpc) is 3.35. The van der Waals surface area contributed by atoms with Gasteiger partial charge >= 0.3 is 11.8 Å². The lowest BCUT2D eigenvalue weighted by molar-refractivity contribution is -0.156. The number of nitrogens with zero attached hydrogens (tertiary/aromatic N) is 4. The van der Waals surface area contributed by atoms with Gasteiger partial charge in [0.1, 0.15) is 6.04 Å². The molecule has 33 heavy (non-hydrogen) atoms. The molecule has 0 aliphatic carbocycles. The molecular formula is C22H30N4O6S. The molecule has 180 valence electrons. The molecule has 3 aliphatic rings. The quantitative estimate of drug-likeness (QED) is 0.551. The van der Waals surface area contributed by atoms with Crippen LogP contribution in [0.4, 0.5) is 0 Å². The zero-order valence-corrected chi connectivity index (χ0v) is 19.6. The molecule has 1 aromatic carbocycles. The van der Waals surface area contributed by atoms with E-state index in [0.717, 1.165) is 5.56 Å². The molecule has 0 unspecified atom stereocenters. The van der Waals surface area contributed by atoms with Crippen molar-refractivity contribution < 1.29 is 27.5 Å². The number of hydrogen-bond donors (Lipinski definition) is 0. The molecule has 3 fully saturated rings. The van der Waals surface area contributed by atoms with Crippen molar-refractivity contribution in [3.05, 3.63) is 29.8 Å². The Morgan fingerprint density at radius 2 is 1.36 bits per heavy atom. The molecule has 3 amide bonds. The monoisotopic (exact) mass is 478 g/mol. The van der Waals surface area contributed by atoms with Crippen LogP contribution in [-0.2, 0) is 29.1 Å². The molecule has 3 saturated heterocycles. The van der Waals surface area contributed by atoms with E-state index in [1.54, 1.807) is 29.2 Å². The van der Waals surface area contributed by atoms with Gasteiger partial charge < -0.3 is 19.4 Å². The van der Waals surface area contributed by atoms with E-state index in [0.29, 0.717) is 45.7 Å². The zero-order valence-electron chi connectivity index (χ0n) is 18.8. The molecule has 1 aromatic rings. The van der Waals surface area contributed by atoms with Gasteiger partial charge in [-0.25, -0.2) is 8.42 Å². The first-order chi connectivity index (χ1) is 15.8. The Kier molecular flexibility index (Phi) is 7.01. The van der Waals surface area contributed by atoms with Crippen LogP contribution in [0.1, 0.15) is 18.4 Å². The van der Waals surface area contributed by atoms with E-state index in [-0.39, 0.29) is 37.0 Å². The van der Waals surface area contributed by atoms with Gasteiger partial charge in [0.2, 0.25) is 15.9 Å². The average molecular weight is 479 g/mol. The maximum absolute atomic E-state index is 13.2. The molecule has 0 bridgehead atoms. The summed E-state index contributed by atoms with van der Waals surface area (Å²) in [4.78, 5) is 43.0. The Labute approximate surface area is 194 Å². The van der Waals surface area contributed by atoms with Crippen molar-refractivity contribution in [2.45, 2.75) is 30.7 Å². The normalized spacial score (nSPS) is 22.5. The Morgan fingerprint density at radius 1 is 0.818 bits per heavy atom. The second kappa shape index (κ2) is 9.78. The summed E-state index contributed by atoms with van der Waals surface area (Å²) < 4.78 is 32.8. The van der Waals surface area contributed by atoms with Crippen LogP contribution in [0.5, 0.6) is 0 Å². The number of ether oxygens (including phenoxy) is 1. The Balaban J connectivity index is 1.37. The van der Waals surface area contributed by atoms with Gasteiger partial charge in [0.05, 0.1) is 18.1 Å². The number of rotatable bonds is 3. The number of aryl methyl sites for hydroxylation is 1. The second-order valence-corrected chi connectivity index (χ2v) is 10.5. The summed E-state index contributed by atoms with van der Waals surface area (Å²) in [7, 11) is -3.78. The van der Waals surface area contributed by atoms with Crippen molar-refractivity contribution in [1.29, 1.82) is 0 Å². The van der Waals surface area contributed by atoms with E-state index in [4.69, 9.17) is 4.74 Å². The van der Waals surface area contributed by atoms with Crippen LogP contribution < -0.4 is 0 Å². The maximum atomic E-state index is 13.2. The van der Waals surface area contributed by atoms with E-state index in [1.165, 1.54) is 14.1 Å². The fourth-order valence-electron chi connectivity index (χ4n) is 4.50. The Hall–Kier alpha value is -2.50. The minimum absolute atomic E-state index is 0.185. The van der Waals surface area contributed by atoms with Crippen LogP contribution >= 0.6 is 0 Å². The third kappa shape index (κ3) is 4.90. The first-order valence-corrected chi connectivity index (χ1v) is 12.8. The van der Waals surface area contributed by atoms with Crippen molar-refractivity contribution in [3.8, 4) is 0 Å². The summed E-state index contributed by atoms with van der Waals surface area (Å²) in [6.07, 6.45) is 1.09. The van der Waals surface area contributed by atoms with Gasteiger partial charge in [-0.3, -0.25) is 14.4 Å². The molecule has 0 N–H and O–H groups in total. The smallest absolute Gasteiger partial charge is 0.312 e. The summed E-state index contributed by atoms with van der Waals surface area (Å²) >= 11 is 0. The lowest BCUT2D eigenvalue weighted by Crippen LogP contribution is -2.57. The minimum Gasteiger partial charge on any atom is -0.378 e. The summed E-state index contributed by atoms with van der Waals surface area (Å²) in [5, 5.41) is 0. The van der Waals surface area contributed by atoms with E-state index < -0.39 is 27.9 Å². The topological polar surface area (TPSA) is 108 Å². The molecule has 0 saturated carbocycles. The molecule has 10 nitrogen and oxygen atoms in total. The van der Waals surface area contributed by atoms with Crippen molar-refractivity contribution >= 4 is 27.7 Å². The fourth-order valence-corrected chi connectivity index (χ4v) is 6.15. The van der Waals surface area contributed by atoms with Gasteiger partial charge in [-0.2, -0.15) is 4.31 Å². The van der Waals surface area contributed by atoms with Crippen LogP contribution in [0, 0.1) is 6.92 Å². The summed E-state index contributed by atoms with van der Waals surface area (Å²) in [5.74, 6) is -1.34. The lowest BCUT2D eigenvalue weighted by Gasteiger charge is -2.37. The molecule has 1 atom stereocenters. The van der Waals surface area contributed by atoms with Gasteiger partial charge in [-0.05, 0) is 31.9 Å². The number of sulfonamides is 1. The number of piperazine rings is 1. The highest BCUT2D eigenvalue weighted by molar-refractivity contribution is 7.89. The highest BCUT2D eigenvalue weighted by atomic mass is 32.2. The van der Waals surface area contributed by atoms with Gasteiger partial charge in [-0.1, -0.05) is 17.7 Å². The Bertz CT molecular complexity index is 998. The van der Waals surface area contributed by atoms with E-state index in [9.17, 15) is 22.8 Å². The number of hydrogen-bond acceptors (Lipinski definition) is 6. The number of carbonyl (C=O) groups excluding carboxylic acids is 3. The van der Waals surface area contributed by atoms with Crippen LogP contribution in [0.3, 0.4) is 0 Å². The molecular weight excluding hydrogens is 448 g/mol. The molecule has 11 heteroatoms. The van der Waals surface area contributed by atoms with E-state index >= 15 is 0 Å². The van der Waals surface area contributed by atoms with Crippen LogP contribution in [-0.4, -0.2) is 110 Å². The first kappa shape index (κ1) is 23.7. The molecule has 3 heterocycles. The van der Waals surface area contributed by atoms with Gasteiger partial charge in [0.15, 0.2) is 0 Å².